The van der Waals surface area contributed by atoms with Crippen LogP contribution in [-0.2, 0) is 15.1 Å². The van der Waals surface area contributed by atoms with Gasteiger partial charge in [0.2, 0.25) is 5.60 Å². The maximum Gasteiger partial charge on any atom is 0.347 e. The number of anilines is 1. The van der Waals surface area contributed by atoms with E-state index in [1.165, 1.54) is 0 Å². The second-order valence-corrected chi connectivity index (χ2v) is 14.3. The fourth-order valence-corrected chi connectivity index (χ4v) is 5.95. The number of halogens is 2. The standard InChI is InChI=1S/C17H16Br2O3.C16H23N3OS/c1-11(2)22-16(20)17(21,12-3-7-14(18)8-4-12)13-5-9-15(19)10-6-13;1-12(2)19-14(17-16(3,4)5)21-11-18(15(19)20)13-9-7-6-8-10-13/h3-11,21H,1-2H3;6-10,12H,11H2,1-5H3/b;17-14-. The summed E-state index contributed by atoms with van der Waals surface area (Å²) in [5, 5.41) is 12.0. The molecule has 1 N–H and O–H groups in total. The van der Waals surface area contributed by atoms with Gasteiger partial charge in [-0.05, 0) is 96.0 Å². The largest absolute Gasteiger partial charge is 0.460 e. The van der Waals surface area contributed by atoms with Gasteiger partial charge in [0.1, 0.15) is 0 Å². The third kappa shape index (κ3) is 9.17. The van der Waals surface area contributed by atoms with E-state index in [2.05, 4.69) is 31.9 Å². The highest BCUT2D eigenvalue weighted by Gasteiger charge is 2.42. The van der Waals surface area contributed by atoms with E-state index in [1.54, 1.807) is 83.9 Å². The average molecular weight is 734 g/mol. The number of ether oxygens (including phenoxy) is 1. The normalized spacial score (nSPS) is 15.1. The number of carbonyl (C=O) groups excluding carboxylic acids is 2. The Bertz CT molecular complexity index is 1360. The number of hydrogen-bond donors (Lipinski definition) is 1. The van der Waals surface area contributed by atoms with Crippen molar-refractivity contribution in [3.8, 4) is 0 Å². The van der Waals surface area contributed by atoms with E-state index in [-0.39, 0.29) is 23.7 Å². The number of esters is 1. The molecule has 1 fully saturated rings. The second-order valence-electron chi connectivity index (χ2n) is 11.5. The lowest BCUT2D eigenvalue weighted by Crippen LogP contribution is -2.53. The molecule has 1 saturated heterocycles. The van der Waals surface area contributed by atoms with Gasteiger partial charge in [-0.15, -0.1) is 0 Å². The maximum absolute atomic E-state index is 12.8. The molecule has 230 valence electrons. The van der Waals surface area contributed by atoms with E-state index in [4.69, 9.17) is 9.73 Å². The van der Waals surface area contributed by atoms with Gasteiger partial charge in [0.25, 0.3) is 0 Å². The Morgan fingerprint density at radius 1 is 0.884 bits per heavy atom. The number of carbonyl (C=O) groups is 2. The summed E-state index contributed by atoms with van der Waals surface area (Å²) >= 11 is 8.32. The Morgan fingerprint density at radius 3 is 1.79 bits per heavy atom. The molecule has 3 aromatic carbocycles. The first-order valence-corrected chi connectivity index (χ1v) is 16.5. The minimum Gasteiger partial charge on any atom is -0.460 e. The van der Waals surface area contributed by atoms with Crippen LogP contribution in [0.3, 0.4) is 0 Å². The van der Waals surface area contributed by atoms with Crippen LogP contribution in [0.2, 0.25) is 0 Å². The smallest absolute Gasteiger partial charge is 0.347 e. The SMILES string of the molecule is CC(C)N1C(=O)N(c2ccccc2)CS/C1=N\C(C)(C)C.CC(C)OC(=O)C(O)(c1ccc(Br)cc1)c1ccc(Br)cc1. The molecular formula is C33H39Br2N3O4S. The molecule has 2 amide bonds. The van der Waals surface area contributed by atoms with Crippen LogP contribution in [0.15, 0.2) is 92.8 Å². The van der Waals surface area contributed by atoms with E-state index in [1.807, 2.05) is 65.0 Å². The van der Waals surface area contributed by atoms with Gasteiger partial charge in [-0.2, -0.15) is 0 Å². The number of amides is 2. The monoisotopic (exact) mass is 731 g/mol. The molecule has 0 bridgehead atoms. The lowest BCUT2D eigenvalue weighted by atomic mass is 9.86. The van der Waals surface area contributed by atoms with E-state index < -0.39 is 11.6 Å². The molecule has 0 aromatic heterocycles. The zero-order valence-corrected chi connectivity index (χ0v) is 29.5. The number of nitrogens with zero attached hydrogens (tertiary/aromatic N) is 3. The van der Waals surface area contributed by atoms with Crippen molar-refractivity contribution in [2.24, 2.45) is 4.99 Å². The number of benzene rings is 3. The first-order valence-electron chi connectivity index (χ1n) is 14.0. The molecule has 0 radical (unpaired) electrons. The van der Waals surface area contributed by atoms with Crippen molar-refractivity contribution in [3.63, 3.8) is 0 Å². The number of hydrogen-bond acceptors (Lipinski definition) is 6. The Kier molecular flexibility index (Phi) is 12.1. The average Bonchev–Trinajstić information content (AvgIpc) is 2.93. The van der Waals surface area contributed by atoms with Crippen LogP contribution >= 0.6 is 43.6 Å². The fraction of sp³-hybridized carbons (Fsp3) is 0.364. The Balaban J connectivity index is 0.000000236. The number of urea groups is 1. The summed E-state index contributed by atoms with van der Waals surface area (Å²) in [5.74, 6) is -0.0896. The first-order chi connectivity index (χ1) is 20.1. The van der Waals surface area contributed by atoms with Crippen LogP contribution in [-0.4, -0.2) is 50.7 Å². The van der Waals surface area contributed by atoms with Gasteiger partial charge in [0, 0.05) is 20.7 Å². The van der Waals surface area contributed by atoms with Crippen LogP contribution in [0.5, 0.6) is 0 Å². The van der Waals surface area contributed by atoms with Gasteiger partial charge in [-0.1, -0.05) is 86.1 Å². The van der Waals surface area contributed by atoms with Gasteiger partial charge >= 0.3 is 12.0 Å². The minimum atomic E-state index is -1.84. The molecule has 1 heterocycles. The van der Waals surface area contributed by atoms with E-state index in [0.29, 0.717) is 17.0 Å². The van der Waals surface area contributed by atoms with E-state index in [9.17, 15) is 14.7 Å². The van der Waals surface area contributed by atoms with Crippen molar-refractivity contribution >= 4 is 66.5 Å². The number of rotatable bonds is 6. The quantitative estimate of drug-likeness (QED) is 0.257. The lowest BCUT2D eigenvalue weighted by Gasteiger charge is -2.38. The van der Waals surface area contributed by atoms with Crippen LogP contribution in [0.1, 0.15) is 59.6 Å². The van der Waals surface area contributed by atoms with Crippen molar-refractivity contribution in [1.82, 2.24) is 4.90 Å². The Hall–Kier alpha value is -2.66. The number of aliphatic imine (C=N–C) groups is 1. The molecule has 10 heteroatoms. The molecular weight excluding hydrogens is 694 g/mol. The molecule has 7 nitrogen and oxygen atoms in total. The van der Waals surface area contributed by atoms with Crippen LogP contribution in [0.4, 0.5) is 10.5 Å². The fourth-order valence-electron chi connectivity index (χ4n) is 4.15. The third-order valence-electron chi connectivity index (χ3n) is 6.14. The number of thioether (sulfide) groups is 1. The zero-order chi connectivity index (χ0) is 31.9. The second kappa shape index (κ2) is 14.9. The first kappa shape index (κ1) is 34.8. The summed E-state index contributed by atoms with van der Waals surface area (Å²) in [5.41, 5.74) is -0.182. The Morgan fingerprint density at radius 2 is 1.37 bits per heavy atom. The van der Waals surface area contributed by atoms with Crippen molar-refractivity contribution in [2.75, 3.05) is 10.8 Å². The molecule has 4 rings (SSSR count). The molecule has 0 unspecified atom stereocenters. The van der Waals surface area contributed by atoms with E-state index in [0.717, 1.165) is 19.8 Å². The lowest BCUT2D eigenvalue weighted by molar-refractivity contribution is -0.166. The third-order valence-corrected chi connectivity index (χ3v) is 8.13. The highest BCUT2D eigenvalue weighted by Crippen LogP contribution is 2.33. The highest BCUT2D eigenvalue weighted by molar-refractivity contribution is 9.10. The summed E-state index contributed by atoms with van der Waals surface area (Å²) in [4.78, 5) is 33.7. The van der Waals surface area contributed by atoms with Gasteiger partial charge in [0.05, 0.1) is 17.5 Å². The molecule has 3 aromatic rings. The molecule has 1 aliphatic rings. The maximum atomic E-state index is 12.8. The summed E-state index contributed by atoms with van der Waals surface area (Å²) in [6.07, 6.45) is -0.315. The van der Waals surface area contributed by atoms with Gasteiger partial charge in [-0.3, -0.25) is 14.8 Å². The summed E-state index contributed by atoms with van der Waals surface area (Å²) in [6, 6.07) is 23.8. The van der Waals surface area contributed by atoms with Crippen LogP contribution < -0.4 is 4.90 Å². The topological polar surface area (TPSA) is 82.4 Å². The van der Waals surface area contributed by atoms with Crippen LogP contribution in [0.25, 0.3) is 0 Å². The predicted octanol–water partition coefficient (Wildman–Crippen LogP) is 8.58. The van der Waals surface area contributed by atoms with Crippen molar-refractivity contribution in [1.29, 1.82) is 0 Å². The van der Waals surface area contributed by atoms with Crippen LogP contribution in [0, 0.1) is 0 Å². The van der Waals surface area contributed by atoms with Crippen molar-refractivity contribution in [2.45, 2.75) is 71.8 Å². The molecule has 0 atom stereocenters. The van der Waals surface area contributed by atoms with Crippen molar-refractivity contribution in [3.05, 3.63) is 98.9 Å². The zero-order valence-electron chi connectivity index (χ0n) is 25.5. The van der Waals surface area contributed by atoms with Crippen molar-refractivity contribution < 1.29 is 19.4 Å². The molecule has 43 heavy (non-hydrogen) atoms. The number of para-hydroxylation sites is 1. The highest BCUT2D eigenvalue weighted by atomic mass is 79.9. The predicted molar refractivity (Wildman–Crippen MR) is 183 cm³/mol. The Labute approximate surface area is 276 Å². The van der Waals surface area contributed by atoms with Gasteiger partial charge in [-0.25, -0.2) is 9.59 Å². The summed E-state index contributed by atoms with van der Waals surface area (Å²) in [7, 11) is 0. The minimum absolute atomic E-state index is 0.00190. The summed E-state index contributed by atoms with van der Waals surface area (Å²) in [6.45, 7) is 13.7. The number of aliphatic hydroxyl groups is 1. The van der Waals surface area contributed by atoms with Gasteiger partial charge < -0.3 is 9.84 Å². The van der Waals surface area contributed by atoms with E-state index >= 15 is 0 Å². The molecule has 1 aliphatic heterocycles. The molecule has 0 spiro atoms. The molecule has 0 saturated carbocycles. The molecule has 0 aliphatic carbocycles. The summed E-state index contributed by atoms with van der Waals surface area (Å²) < 4.78 is 7.01. The number of amidine groups is 1. The van der Waals surface area contributed by atoms with Gasteiger partial charge in [0.15, 0.2) is 5.17 Å².